The first-order valence-corrected chi connectivity index (χ1v) is 11.5. The van der Waals surface area contributed by atoms with E-state index in [0.717, 1.165) is 16.7 Å². The molecule has 0 aliphatic heterocycles. The van der Waals surface area contributed by atoms with Gasteiger partial charge in [-0.2, -0.15) is 0 Å². The van der Waals surface area contributed by atoms with Crippen molar-refractivity contribution in [2.75, 3.05) is 0 Å². The molecule has 4 rings (SSSR count). The number of aliphatic hydroxyl groups is 2. The van der Waals surface area contributed by atoms with Crippen molar-refractivity contribution in [1.82, 2.24) is 0 Å². The van der Waals surface area contributed by atoms with E-state index in [2.05, 4.69) is 10.0 Å². The molecule has 0 spiro atoms. The van der Waals surface area contributed by atoms with E-state index >= 15 is 0 Å². The summed E-state index contributed by atoms with van der Waals surface area (Å²) in [5.74, 6) is 0. The zero-order chi connectivity index (χ0) is 24.5. The molecule has 35 heavy (non-hydrogen) atoms. The van der Waals surface area contributed by atoms with Crippen LogP contribution in [0.15, 0.2) is 96.1 Å². The summed E-state index contributed by atoms with van der Waals surface area (Å²) in [6.07, 6.45) is -5.21. The van der Waals surface area contributed by atoms with Crippen molar-refractivity contribution in [3.8, 4) is 0 Å². The molecule has 0 saturated heterocycles. The summed E-state index contributed by atoms with van der Waals surface area (Å²) >= 11 is 0. The van der Waals surface area contributed by atoms with Gasteiger partial charge in [-0.1, -0.05) is 96.1 Å². The normalized spacial score (nSPS) is 26.1. The summed E-state index contributed by atoms with van der Waals surface area (Å²) in [5, 5.41) is 25.9. The van der Waals surface area contributed by atoms with E-state index in [1.807, 2.05) is 91.0 Å². The minimum Gasteiger partial charge on any atom is -0.390 e. The first-order chi connectivity index (χ1) is 17.2. The van der Waals surface area contributed by atoms with E-state index < -0.39 is 36.6 Å². The Balaban J connectivity index is 1.60. The van der Waals surface area contributed by atoms with E-state index in [1.165, 1.54) is 0 Å². The van der Waals surface area contributed by atoms with Gasteiger partial charge in [0.1, 0.15) is 18.3 Å². The lowest BCUT2D eigenvalue weighted by Gasteiger charge is -2.45. The van der Waals surface area contributed by atoms with E-state index in [9.17, 15) is 10.2 Å². The summed E-state index contributed by atoms with van der Waals surface area (Å²) in [6, 6.07) is 27.5. The first kappa shape index (κ1) is 24.9. The Morgan fingerprint density at radius 2 is 0.943 bits per heavy atom. The van der Waals surface area contributed by atoms with Crippen LogP contribution in [0.3, 0.4) is 0 Å². The maximum atomic E-state index is 11.1. The van der Waals surface area contributed by atoms with Crippen molar-refractivity contribution in [2.45, 2.75) is 56.4 Å². The molecular formula is C27H29N3O5. The fourth-order valence-corrected chi connectivity index (χ4v) is 4.24. The minimum atomic E-state index is -1.29. The highest BCUT2D eigenvalue weighted by Gasteiger charge is 2.51. The molecule has 8 nitrogen and oxygen atoms in total. The van der Waals surface area contributed by atoms with Gasteiger partial charge < -0.3 is 24.4 Å². The van der Waals surface area contributed by atoms with Crippen LogP contribution < -0.4 is 0 Å². The van der Waals surface area contributed by atoms with Gasteiger partial charge in [0, 0.05) is 4.91 Å². The van der Waals surface area contributed by atoms with Crippen LogP contribution >= 0.6 is 0 Å². The Kier molecular flexibility index (Phi) is 8.86. The second-order valence-electron chi connectivity index (χ2n) is 8.46. The lowest BCUT2D eigenvalue weighted by Crippen LogP contribution is -2.65. The molecule has 0 radical (unpaired) electrons. The van der Waals surface area contributed by atoms with Crippen molar-refractivity contribution in [3.05, 3.63) is 118 Å². The standard InChI is InChI=1S/C27H29N3O5/c28-30-29-22-23(31)25(33-16-19-10-4-1-5-11-19)27(35-18-21-14-8-3-9-15-21)26(24(22)32)34-17-20-12-6-2-7-13-20/h1-15,22-27,31-32H,16-18H2/t22?,23-,24+,25+,26-,27?. The Hall–Kier alpha value is -3.23. The molecule has 1 fully saturated rings. The molecule has 182 valence electrons. The second-order valence-corrected chi connectivity index (χ2v) is 8.46. The summed E-state index contributed by atoms with van der Waals surface area (Å²) < 4.78 is 18.5. The van der Waals surface area contributed by atoms with Crippen LogP contribution in [0.1, 0.15) is 16.7 Å². The van der Waals surface area contributed by atoms with Gasteiger partial charge in [-0.15, -0.1) is 0 Å². The highest BCUT2D eigenvalue weighted by molar-refractivity contribution is 5.16. The quantitative estimate of drug-likeness (QED) is 0.259. The molecular weight excluding hydrogens is 446 g/mol. The fraction of sp³-hybridized carbons (Fsp3) is 0.333. The minimum absolute atomic E-state index is 0.207. The number of benzene rings is 3. The maximum Gasteiger partial charge on any atom is 0.115 e. The van der Waals surface area contributed by atoms with Crippen LogP contribution in [0, 0.1) is 0 Å². The van der Waals surface area contributed by atoms with Gasteiger partial charge in [-0.3, -0.25) is 0 Å². The number of nitrogens with zero attached hydrogens (tertiary/aromatic N) is 3. The zero-order valence-corrected chi connectivity index (χ0v) is 19.2. The van der Waals surface area contributed by atoms with Crippen molar-refractivity contribution in [2.24, 2.45) is 5.11 Å². The largest absolute Gasteiger partial charge is 0.390 e. The summed E-state index contributed by atoms with van der Waals surface area (Å²) in [7, 11) is 0. The van der Waals surface area contributed by atoms with Gasteiger partial charge in [-0.05, 0) is 22.2 Å². The molecule has 0 amide bonds. The molecule has 0 aromatic heterocycles. The molecule has 3 aromatic carbocycles. The number of azide groups is 1. The number of ether oxygens (including phenoxy) is 3. The predicted octanol–water partition coefficient (Wildman–Crippen LogP) is 4.16. The summed E-state index contributed by atoms with van der Waals surface area (Å²) in [5.41, 5.74) is 11.8. The lowest BCUT2D eigenvalue weighted by atomic mass is 9.83. The average molecular weight is 476 g/mol. The van der Waals surface area contributed by atoms with Gasteiger partial charge in [0.15, 0.2) is 0 Å². The molecule has 2 unspecified atom stereocenters. The SMILES string of the molecule is [N-]=[N+]=NC1[C@@H](O)[C@H](OCc2ccccc2)C(OCc2ccccc2)[C@H](OCc2ccccc2)[C@H]1O. The van der Waals surface area contributed by atoms with Crippen molar-refractivity contribution >= 4 is 0 Å². The highest BCUT2D eigenvalue weighted by atomic mass is 16.6. The number of aliphatic hydroxyl groups excluding tert-OH is 2. The van der Waals surface area contributed by atoms with Crippen LogP contribution in [0.25, 0.3) is 10.4 Å². The summed E-state index contributed by atoms with van der Waals surface area (Å²) in [4.78, 5) is 2.84. The molecule has 1 saturated carbocycles. The predicted molar refractivity (Wildman–Crippen MR) is 130 cm³/mol. The molecule has 1 aliphatic rings. The molecule has 6 atom stereocenters. The third kappa shape index (κ3) is 6.46. The monoisotopic (exact) mass is 475 g/mol. The maximum absolute atomic E-state index is 11.1. The van der Waals surface area contributed by atoms with Crippen molar-refractivity contribution in [1.29, 1.82) is 0 Å². The summed E-state index contributed by atoms with van der Waals surface area (Å²) in [6.45, 7) is 0.643. The smallest absolute Gasteiger partial charge is 0.115 e. The van der Waals surface area contributed by atoms with E-state index in [-0.39, 0.29) is 19.8 Å². The van der Waals surface area contributed by atoms with Crippen LogP contribution in [0.4, 0.5) is 0 Å². The van der Waals surface area contributed by atoms with Gasteiger partial charge in [0.2, 0.25) is 0 Å². The van der Waals surface area contributed by atoms with Crippen molar-refractivity contribution in [3.63, 3.8) is 0 Å². The number of hydrogen-bond donors (Lipinski definition) is 2. The van der Waals surface area contributed by atoms with Gasteiger partial charge >= 0.3 is 0 Å². The topological polar surface area (TPSA) is 117 Å². The Morgan fingerprint density at radius 3 is 1.29 bits per heavy atom. The van der Waals surface area contributed by atoms with E-state index in [0.29, 0.717) is 0 Å². The molecule has 2 N–H and O–H groups in total. The number of hydrogen-bond acceptors (Lipinski definition) is 6. The Morgan fingerprint density at radius 1 is 0.600 bits per heavy atom. The second kappa shape index (κ2) is 12.5. The lowest BCUT2D eigenvalue weighted by molar-refractivity contribution is -0.236. The molecule has 3 aromatic rings. The van der Waals surface area contributed by atoms with Crippen LogP contribution in [-0.4, -0.2) is 46.8 Å². The third-order valence-electron chi connectivity index (χ3n) is 6.06. The zero-order valence-electron chi connectivity index (χ0n) is 19.2. The fourth-order valence-electron chi connectivity index (χ4n) is 4.24. The Labute approximate surface area is 204 Å². The van der Waals surface area contributed by atoms with E-state index in [4.69, 9.17) is 19.7 Å². The molecule has 8 heteroatoms. The highest BCUT2D eigenvalue weighted by Crippen LogP contribution is 2.32. The number of rotatable bonds is 10. The average Bonchev–Trinajstić information content (AvgIpc) is 2.90. The van der Waals surface area contributed by atoms with Crippen molar-refractivity contribution < 1.29 is 24.4 Å². The van der Waals surface area contributed by atoms with Crippen LogP contribution in [-0.2, 0) is 34.0 Å². The Bertz CT molecular complexity index is 1020. The van der Waals surface area contributed by atoms with E-state index in [1.54, 1.807) is 0 Å². The molecule has 0 bridgehead atoms. The van der Waals surface area contributed by atoms with Gasteiger partial charge in [0.25, 0.3) is 0 Å². The van der Waals surface area contributed by atoms with Crippen LogP contribution in [0.5, 0.6) is 0 Å². The van der Waals surface area contributed by atoms with Crippen LogP contribution in [0.2, 0.25) is 0 Å². The first-order valence-electron chi connectivity index (χ1n) is 11.5. The molecule has 1 aliphatic carbocycles. The van der Waals surface area contributed by atoms with Gasteiger partial charge in [0.05, 0.1) is 38.1 Å². The van der Waals surface area contributed by atoms with Gasteiger partial charge in [-0.25, -0.2) is 0 Å². The molecule has 0 heterocycles. The third-order valence-corrected chi connectivity index (χ3v) is 6.06.